The Morgan fingerprint density at radius 2 is 1.92 bits per heavy atom. The van der Waals surface area contributed by atoms with E-state index >= 15 is 0 Å². The minimum absolute atomic E-state index is 0.0611. The fourth-order valence-electron chi connectivity index (χ4n) is 2.63. The van der Waals surface area contributed by atoms with Crippen molar-refractivity contribution in [3.05, 3.63) is 65.2 Å². The molecule has 3 aromatic rings. The van der Waals surface area contributed by atoms with E-state index in [0.717, 1.165) is 28.1 Å². The predicted octanol–water partition coefficient (Wildman–Crippen LogP) is 3.95. The van der Waals surface area contributed by atoms with Crippen LogP contribution >= 0.6 is 11.3 Å². The molecule has 1 amide bonds. The Hall–Kier alpha value is -2.24. The summed E-state index contributed by atoms with van der Waals surface area (Å²) >= 11 is 1.60. The SMILES string of the molecule is CC(CCc1ccccc1)NC(=O)COCc1nc2ccccc2s1. The molecule has 1 N–H and O–H groups in total. The van der Waals surface area contributed by atoms with Crippen LogP contribution < -0.4 is 5.32 Å². The van der Waals surface area contributed by atoms with E-state index in [1.807, 2.05) is 49.4 Å². The van der Waals surface area contributed by atoms with Crippen molar-refractivity contribution in [3.8, 4) is 0 Å². The van der Waals surface area contributed by atoms with Gasteiger partial charge >= 0.3 is 0 Å². The summed E-state index contributed by atoms with van der Waals surface area (Å²) in [6.45, 7) is 2.45. The lowest BCUT2D eigenvalue weighted by molar-refractivity contribution is -0.126. The molecule has 0 fully saturated rings. The summed E-state index contributed by atoms with van der Waals surface area (Å²) in [5.74, 6) is -0.0818. The van der Waals surface area contributed by atoms with Gasteiger partial charge in [0, 0.05) is 6.04 Å². The minimum Gasteiger partial charge on any atom is -0.364 e. The van der Waals surface area contributed by atoms with E-state index < -0.39 is 0 Å². The van der Waals surface area contributed by atoms with E-state index in [0.29, 0.717) is 6.61 Å². The quantitative estimate of drug-likeness (QED) is 0.666. The molecular formula is C20H22N2O2S. The number of aromatic nitrogens is 1. The van der Waals surface area contributed by atoms with E-state index in [1.165, 1.54) is 5.56 Å². The number of carbonyl (C=O) groups excluding carboxylic acids is 1. The lowest BCUT2D eigenvalue weighted by Crippen LogP contribution is -2.35. The number of carbonyl (C=O) groups is 1. The molecule has 1 atom stereocenters. The second-order valence-electron chi connectivity index (χ2n) is 6.06. The van der Waals surface area contributed by atoms with Crippen molar-refractivity contribution in [1.29, 1.82) is 0 Å². The number of benzene rings is 2. The molecule has 0 aliphatic heterocycles. The number of nitrogens with zero attached hydrogens (tertiary/aromatic N) is 1. The van der Waals surface area contributed by atoms with Crippen LogP contribution in [0.3, 0.4) is 0 Å². The van der Waals surface area contributed by atoms with Crippen molar-refractivity contribution in [2.45, 2.75) is 32.4 Å². The van der Waals surface area contributed by atoms with Gasteiger partial charge in [-0.2, -0.15) is 0 Å². The van der Waals surface area contributed by atoms with Gasteiger partial charge in [0.1, 0.15) is 11.6 Å². The Labute approximate surface area is 151 Å². The average Bonchev–Trinajstić information content (AvgIpc) is 3.03. The van der Waals surface area contributed by atoms with Crippen LogP contribution in [0.5, 0.6) is 0 Å². The van der Waals surface area contributed by atoms with Gasteiger partial charge in [0.05, 0.1) is 16.8 Å². The van der Waals surface area contributed by atoms with E-state index in [2.05, 4.69) is 22.4 Å². The second kappa shape index (κ2) is 8.74. The number of ether oxygens (including phenoxy) is 1. The van der Waals surface area contributed by atoms with E-state index in [9.17, 15) is 4.79 Å². The molecule has 2 aromatic carbocycles. The molecule has 3 rings (SSSR count). The van der Waals surface area contributed by atoms with Crippen LogP contribution in [0.2, 0.25) is 0 Å². The van der Waals surface area contributed by atoms with Crippen molar-refractivity contribution >= 4 is 27.5 Å². The molecule has 130 valence electrons. The number of hydrogen-bond donors (Lipinski definition) is 1. The summed E-state index contributed by atoms with van der Waals surface area (Å²) < 4.78 is 6.65. The van der Waals surface area contributed by atoms with Gasteiger partial charge in [0.15, 0.2) is 0 Å². The predicted molar refractivity (Wildman–Crippen MR) is 102 cm³/mol. The van der Waals surface area contributed by atoms with Gasteiger partial charge in [-0.25, -0.2) is 4.98 Å². The Kier molecular flexibility index (Phi) is 6.14. The highest BCUT2D eigenvalue weighted by molar-refractivity contribution is 7.18. The maximum atomic E-state index is 12.0. The molecule has 25 heavy (non-hydrogen) atoms. The number of hydrogen-bond acceptors (Lipinski definition) is 4. The number of rotatable bonds is 8. The standard InChI is InChI=1S/C20H22N2O2S/c1-15(11-12-16-7-3-2-4-8-16)21-19(23)13-24-14-20-22-17-9-5-6-10-18(17)25-20/h2-10,15H,11-14H2,1H3,(H,21,23). The number of amides is 1. The highest BCUT2D eigenvalue weighted by Gasteiger charge is 2.09. The average molecular weight is 354 g/mol. The highest BCUT2D eigenvalue weighted by Crippen LogP contribution is 2.21. The number of nitrogens with one attached hydrogen (secondary N) is 1. The van der Waals surface area contributed by atoms with Crippen molar-refractivity contribution in [1.82, 2.24) is 10.3 Å². The molecule has 1 aromatic heterocycles. The molecule has 0 saturated heterocycles. The molecule has 0 bridgehead atoms. The topological polar surface area (TPSA) is 51.2 Å². The Balaban J connectivity index is 1.37. The van der Waals surface area contributed by atoms with Crippen LogP contribution in [-0.2, 0) is 22.6 Å². The third kappa shape index (κ3) is 5.37. The maximum absolute atomic E-state index is 12.0. The second-order valence-corrected chi connectivity index (χ2v) is 7.18. The monoisotopic (exact) mass is 354 g/mol. The molecule has 5 heteroatoms. The number of thiazole rings is 1. The van der Waals surface area contributed by atoms with E-state index in [-0.39, 0.29) is 18.6 Å². The molecule has 1 unspecified atom stereocenters. The first-order valence-electron chi connectivity index (χ1n) is 8.46. The number of aryl methyl sites for hydroxylation is 1. The molecule has 1 heterocycles. The van der Waals surface area contributed by atoms with Gasteiger partial charge < -0.3 is 10.1 Å². The summed E-state index contributed by atoms with van der Waals surface area (Å²) in [5.41, 5.74) is 2.26. The maximum Gasteiger partial charge on any atom is 0.246 e. The first-order valence-corrected chi connectivity index (χ1v) is 9.28. The van der Waals surface area contributed by atoms with Crippen LogP contribution in [0.1, 0.15) is 23.9 Å². The summed E-state index contributed by atoms with van der Waals surface area (Å²) in [6, 6.07) is 18.4. The molecular weight excluding hydrogens is 332 g/mol. The van der Waals surface area contributed by atoms with Crippen LogP contribution in [-0.4, -0.2) is 23.5 Å². The fraction of sp³-hybridized carbons (Fsp3) is 0.300. The lowest BCUT2D eigenvalue weighted by atomic mass is 10.1. The minimum atomic E-state index is -0.0818. The summed E-state index contributed by atoms with van der Waals surface area (Å²) in [4.78, 5) is 16.5. The smallest absolute Gasteiger partial charge is 0.246 e. The zero-order valence-corrected chi connectivity index (χ0v) is 15.1. The van der Waals surface area contributed by atoms with Crippen LogP contribution in [0.25, 0.3) is 10.2 Å². The van der Waals surface area contributed by atoms with Crippen molar-refractivity contribution < 1.29 is 9.53 Å². The highest BCUT2D eigenvalue weighted by atomic mass is 32.1. The zero-order valence-electron chi connectivity index (χ0n) is 14.3. The van der Waals surface area contributed by atoms with Gasteiger partial charge in [-0.05, 0) is 37.5 Å². The molecule has 0 spiro atoms. The number of fused-ring (bicyclic) bond motifs is 1. The normalized spacial score (nSPS) is 12.2. The first-order chi connectivity index (χ1) is 12.2. The van der Waals surface area contributed by atoms with Gasteiger partial charge in [0.2, 0.25) is 5.91 Å². The summed E-state index contributed by atoms with van der Waals surface area (Å²) in [5, 5.41) is 3.88. The lowest BCUT2D eigenvalue weighted by Gasteiger charge is -2.13. The van der Waals surface area contributed by atoms with Crippen molar-refractivity contribution in [3.63, 3.8) is 0 Å². The van der Waals surface area contributed by atoms with Gasteiger partial charge in [-0.15, -0.1) is 11.3 Å². The Morgan fingerprint density at radius 1 is 1.16 bits per heavy atom. The van der Waals surface area contributed by atoms with Crippen molar-refractivity contribution in [2.75, 3.05) is 6.61 Å². The summed E-state index contributed by atoms with van der Waals surface area (Å²) in [7, 11) is 0. The molecule has 4 nitrogen and oxygen atoms in total. The van der Waals surface area contributed by atoms with E-state index in [4.69, 9.17) is 4.74 Å². The zero-order chi connectivity index (χ0) is 17.5. The van der Waals surface area contributed by atoms with Crippen molar-refractivity contribution in [2.24, 2.45) is 0 Å². The third-order valence-electron chi connectivity index (χ3n) is 3.91. The molecule has 0 aliphatic carbocycles. The van der Waals surface area contributed by atoms with Crippen LogP contribution in [0, 0.1) is 0 Å². The van der Waals surface area contributed by atoms with Crippen LogP contribution in [0.4, 0.5) is 0 Å². The Morgan fingerprint density at radius 3 is 2.72 bits per heavy atom. The Bertz CT molecular complexity index is 784. The van der Waals surface area contributed by atoms with E-state index in [1.54, 1.807) is 11.3 Å². The third-order valence-corrected chi connectivity index (χ3v) is 4.92. The largest absolute Gasteiger partial charge is 0.364 e. The molecule has 0 radical (unpaired) electrons. The fourth-order valence-corrected chi connectivity index (χ4v) is 3.53. The van der Waals surface area contributed by atoms with Crippen LogP contribution in [0.15, 0.2) is 54.6 Å². The number of para-hydroxylation sites is 1. The molecule has 0 aliphatic rings. The van der Waals surface area contributed by atoms with Gasteiger partial charge in [-0.1, -0.05) is 42.5 Å². The molecule has 0 saturated carbocycles. The van der Waals surface area contributed by atoms with Gasteiger partial charge in [0.25, 0.3) is 0 Å². The van der Waals surface area contributed by atoms with Gasteiger partial charge in [-0.3, -0.25) is 4.79 Å². The summed E-state index contributed by atoms with van der Waals surface area (Å²) in [6.07, 6.45) is 1.86. The first kappa shape index (κ1) is 17.6.